The molecule has 0 aliphatic carbocycles. The Morgan fingerprint density at radius 1 is 1.50 bits per heavy atom. The van der Waals surface area contributed by atoms with E-state index in [9.17, 15) is 4.39 Å². The van der Waals surface area contributed by atoms with E-state index in [1.165, 1.54) is 6.07 Å². The zero-order chi connectivity index (χ0) is 13.4. The van der Waals surface area contributed by atoms with Crippen LogP contribution in [-0.2, 0) is 0 Å². The van der Waals surface area contributed by atoms with Crippen LogP contribution < -0.4 is 10.1 Å². The summed E-state index contributed by atoms with van der Waals surface area (Å²) in [5.74, 6) is 0.389. The van der Waals surface area contributed by atoms with Crippen LogP contribution in [0, 0.1) is 5.82 Å². The quantitative estimate of drug-likeness (QED) is 0.709. The van der Waals surface area contributed by atoms with Gasteiger partial charge in [-0.05, 0) is 37.9 Å². The Hall–Kier alpha value is -1.35. The Morgan fingerprint density at radius 3 is 2.89 bits per heavy atom. The largest absolute Gasteiger partial charge is 0.496 e. The molecule has 1 N–H and O–H groups in total. The van der Waals surface area contributed by atoms with Crippen molar-refractivity contribution in [3.05, 3.63) is 42.2 Å². The number of ether oxygens (including phenoxy) is 1. The molecule has 0 saturated heterocycles. The third-order valence-electron chi connectivity index (χ3n) is 2.88. The highest BCUT2D eigenvalue weighted by atomic mass is 19.1. The zero-order valence-corrected chi connectivity index (χ0v) is 11.2. The molecular weight excluding hydrogens is 229 g/mol. The maximum Gasteiger partial charge on any atom is 0.131 e. The van der Waals surface area contributed by atoms with Gasteiger partial charge >= 0.3 is 0 Å². The molecule has 1 aromatic rings. The predicted octanol–water partition coefficient (Wildman–Crippen LogP) is 3.84. The van der Waals surface area contributed by atoms with Gasteiger partial charge < -0.3 is 10.1 Å². The lowest BCUT2D eigenvalue weighted by Gasteiger charge is -2.21. The van der Waals surface area contributed by atoms with E-state index < -0.39 is 0 Å². The molecule has 0 aliphatic heterocycles. The van der Waals surface area contributed by atoms with Crippen molar-refractivity contribution in [2.75, 3.05) is 13.7 Å². The number of halogens is 1. The van der Waals surface area contributed by atoms with Crippen LogP contribution in [-0.4, -0.2) is 13.7 Å². The summed E-state index contributed by atoms with van der Waals surface area (Å²) in [4.78, 5) is 0. The number of rotatable bonds is 8. The lowest BCUT2D eigenvalue weighted by molar-refractivity contribution is 0.385. The minimum atomic E-state index is -0.216. The van der Waals surface area contributed by atoms with E-state index in [0.717, 1.165) is 25.8 Å². The van der Waals surface area contributed by atoms with Crippen molar-refractivity contribution in [3.63, 3.8) is 0 Å². The second-order valence-corrected chi connectivity index (χ2v) is 4.23. The van der Waals surface area contributed by atoms with Crippen molar-refractivity contribution < 1.29 is 9.13 Å². The topological polar surface area (TPSA) is 21.3 Å². The third-order valence-corrected chi connectivity index (χ3v) is 2.88. The fourth-order valence-electron chi connectivity index (χ4n) is 1.98. The summed E-state index contributed by atoms with van der Waals surface area (Å²) in [7, 11) is 1.57. The first-order valence-corrected chi connectivity index (χ1v) is 6.41. The summed E-state index contributed by atoms with van der Waals surface area (Å²) in [5.41, 5.74) is 0.621. The second kappa shape index (κ2) is 7.88. The highest BCUT2D eigenvalue weighted by Gasteiger charge is 2.19. The van der Waals surface area contributed by atoms with Gasteiger partial charge in [-0.15, -0.1) is 6.58 Å². The molecule has 0 aliphatic rings. The van der Waals surface area contributed by atoms with Gasteiger partial charge in [-0.2, -0.15) is 0 Å². The minimum Gasteiger partial charge on any atom is -0.496 e. The number of nitrogens with one attached hydrogen (secondary N) is 1. The Balaban J connectivity index is 2.98. The second-order valence-electron chi connectivity index (χ2n) is 4.23. The van der Waals surface area contributed by atoms with Crippen LogP contribution >= 0.6 is 0 Å². The molecule has 1 unspecified atom stereocenters. The maximum atomic E-state index is 14.0. The van der Waals surface area contributed by atoms with Crippen LogP contribution in [0.15, 0.2) is 30.9 Å². The molecule has 1 atom stereocenters. The Bertz CT molecular complexity index is 379. The average molecular weight is 251 g/mol. The standard InChI is InChI=1S/C15H22FNO/c1-4-6-9-13(17-11-5-2)15-12(16)8-7-10-14(15)18-3/h4,7-8,10,13,17H,1,5-6,9,11H2,2-3H3. The van der Waals surface area contributed by atoms with Crippen LogP contribution in [0.25, 0.3) is 0 Å². The van der Waals surface area contributed by atoms with Crippen molar-refractivity contribution in [1.29, 1.82) is 0 Å². The maximum absolute atomic E-state index is 14.0. The normalized spacial score (nSPS) is 12.2. The van der Waals surface area contributed by atoms with Gasteiger partial charge in [0, 0.05) is 11.6 Å². The summed E-state index contributed by atoms with van der Waals surface area (Å²) in [6, 6.07) is 4.92. The van der Waals surface area contributed by atoms with Crippen molar-refractivity contribution in [1.82, 2.24) is 5.32 Å². The van der Waals surface area contributed by atoms with E-state index in [0.29, 0.717) is 11.3 Å². The summed E-state index contributed by atoms with van der Waals surface area (Å²) >= 11 is 0. The van der Waals surface area contributed by atoms with Gasteiger partial charge in [0.15, 0.2) is 0 Å². The van der Waals surface area contributed by atoms with Crippen LogP contribution in [0.3, 0.4) is 0 Å². The van der Waals surface area contributed by atoms with Gasteiger partial charge in [0.1, 0.15) is 11.6 Å². The zero-order valence-electron chi connectivity index (χ0n) is 11.2. The summed E-state index contributed by atoms with van der Waals surface area (Å²) < 4.78 is 19.3. The SMILES string of the molecule is C=CCCC(NCCC)c1c(F)cccc1OC. The number of allylic oxidation sites excluding steroid dienone is 1. The fourth-order valence-corrected chi connectivity index (χ4v) is 1.98. The Kier molecular flexibility index (Phi) is 6.44. The van der Waals surface area contributed by atoms with E-state index in [-0.39, 0.29) is 11.9 Å². The lowest BCUT2D eigenvalue weighted by Crippen LogP contribution is -2.23. The summed E-state index contributed by atoms with van der Waals surface area (Å²) in [6.07, 6.45) is 4.54. The molecule has 3 heteroatoms. The number of hydrogen-bond donors (Lipinski definition) is 1. The van der Waals surface area contributed by atoms with Gasteiger partial charge in [-0.3, -0.25) is 0 Å². The average Bonchev–Trinajstić information content (AvgIpc) is 2.39. The molecular formula is C15H22FNO. The van der Waals surface area contributed by atoms with Crippen molar-refractivity contribution in [3.8, 4) is 5.75 Å². The van der Waals surface area contributed by atoms with Gasteiger partial charge in [-0.1, -0.05) is 19.1 Å². The highest BCUT2D eigenvalue weighted by molar-refractivity contribution is 5.37. The molecule has 1 aromatic carbocycles. The molecule has 0 saturated carbocycles. The molecule has 0 fully saturated rings. The van der Waals surface area contributed by atoms with E-state index in [4.69, 9.17) is 4.74 Å². The summed E-state index contributed by atoms with van der Waals surface area (Å²) in [6.45, 7) is 6.67. The van der Waals surface area contributed by atoms with Crippen molar-refractivity contribution in [2.24, 2.45) is 0 Å². The molecule has 0 aromatic heterocycles. The molecule has 0 heterocycles. The first kappa shape index (κ1) is 14.7. The highest BCUT2D eigenvalue weighted by Crippen LogP contribution is 2.30. The van der Waals surface area contributed by atoms with Gasteiger partial charge in [0.2, 0.25) is 0 Å². The van der Waals surface area contributed by atoms with E-state index in [1.807, 2.05) is 6.08 Å². The first-order chi connectivity index (χ1) is 8.74. The van der Waals surface area contributed by atoms with Gasteiger partial charge in [0.25, 0.3) is 0 Å². The number of hydrogen-bond acceptors (Lipinski definition) is 2. The van der Waals surface area contributed by atoms with E-state index in [2.05, 4.69) is 18.8 Å². The van der Waals surface area contributed by atoms with Crippen molar-refractivity contribution >= 4 is 0 Å². The van der Waals surface area contributed by atoms with Crippen LogP contribution in [0.5, 0.6) is 5.75 Å². The minimum absolute atomic E-state index is 0.0286. The van der Waals surface area contributed by atoms with Gasteiger partial charge in [-0.25, -0.2) is 4.39 Å². The predicted molar refractivity (Wildman–Crippen MR) is 73.4 cm³/mol. The molecule has 0 radical (unpaired) electrons. The smallest absolute Gasteiger partial charge is 0.131 e. The molecule has 0 spiro atoms. The van der Waals surface area contributed by atoms with Crippen LogP contribution in [0.4, 0.5) is 4.39 Å². The van der Waals surface area contributed by atoms with Crippen LogP contribution in [0.2, 0.25) is 0 Å². The molecule has 100 valence electrons. The molecule has 2 nitrogen and oxygen atoms in total. The molecule has 0 amide bonds. The number of benzene rings is 1. The molecule has 0 bridgehead atoms. The lowest BCUT2D eigenvalue weighted by atomic mass is 10.00. The molecule has 1 rings (SSSR count). The summed E-state index contributed by atoms with van der Waals surface area (Å²) in [5, 5.41) is 3.37. The van der Waals surface area contributed by atoms with E-state index >= 15 is 0 Å². The van der Waals surface area contributed by atoms with Gasteiger partial charge in [0.05, 0.1) is 7.11 Å². The van der Waals surface area contributed by atoms with Crippen molar-refractivity contribution in [2.45, 2.75) is 32.2 Å². The Morgan fingerprint density at radius 2 is 2.28 bits per heavy atom. The first-order valence-electron chi connectivity index (χ1n) is 6.41. The molecule has 18 heavy (non-hydrogen) atoms. The van der Waals surface area contributed by atoms with Crippen LogP contribution in [0.1, 0.15) is 37.8 Å². The Labute approximate surface area is 109 Å². The van der Waals surface area contributed by atoms with E-state index in [1.54, 1.807) is 19.2 Å². The monoisotopic (exact) mass is 251 g/mol. The fraction of sp³-hybridized carbons (Fsp3) is 0.467. The third kappa shape index (κ3) is 3.84. The number of methoxy groups -OCH3 is 1.